The summed E-state index contributed by atoms with van der Waals surface area (Å²) in [5, 5.41) is 12.1. The fourth-order valence-corrected chi connectivity index (χ4v) is 3.65. The van der Waals surface area contributed by atoms with E-state index in [0.717, 1.165) is 11.1 Å². The van der Waals surface area contributed by atoms with Crippen molar-refractivity contribution >= 4 is 34.9 Å². The van der Waals surface area contributed by atoms with Gasteiger partial charge in [-0.3, -0.25) is 9.48 Å². The molecule has 4 aromatic rings. The number of aromatic nitrogens is 3. The molecule has 0 aliphatic rings. The Hall–Kier alpha value is -3.29. The average molecular weight is 471 g/mol. The van der Waals surface area contributed by atoms with Crippen molar-refractivity contribution in [3.8, 4) is 5.75 Å². The number of amides is 1. The number of nitrogens with one attached hydrogen (secondary N) is 1. The number of ether oxygens (including phenoxy) is 1. The van der Waals surface area contributed by atoms with Crippen molar-refractivity contribution in [2.75, 3.05) is 5.32 Å². The molecule has 1 N–H and O–H groups in total. The summed E-state index contributed by atoms with van der Waals surface area (Å²) in [5.74, 6) is 1.14. The maximum Gasteiger partial charge on any atom is 0.279 e. The van der Waals surface area contributed by atoms with Crippen molar-refractivity contribution in [3.05, 3.63) is 92.9 Å². The zero-order valence-corrected chi connectivity index (χ0v) is 18.9. The molecule has 9 heteroatoms. The first kappa shape index (κ1) is 21.9. The van der Waals surface area contributed by atoms with Gasteiger partial charge in [-0.2, -0.15) is 5.10 Å². The highest BCUT2D eigenvalue weighted by Crippen LogP contribution is 2.25. The second-order valence-electron chi connectivity index (χ2n) is 7.22. The van der Waals surface area contributed by atoms with E-state index in [1.807, 2.05) is 31.2 Å². The highest BCUT2D eigenvalue weighted by atomic mass is 35.5. The van der Waals surface area contributed by atoms with Gasteiger partial charge in [0.1, 0.15) is 18.1 Å². The summed E-state index contributed by atoms with van der Waals surface area (Å²) in [6.45, 7) is 4.24. The Labute approximate surface area is 194 Å². The maximum atomic E-state index is 12.8. The highest BCUT2D eigenvalue weighted by Gasteiger charge is 2.21. The second-order valence-corrected chi connectivity index (χ2v) is 8.04. The fraction of sp³-hybridized carbons (Fsp3) is 0.174. The summed E-state index contributed by atoms with van der Waals surface area (Å²) in [6, 6.07) is 14.7. The van der Waals surface area contributed by atoms with E-state index in [1.165, 1.54) is 0 Å². The Morgan fingerprint density at radius 2 is 1.84 bits per heavy atom. The smallest absolute Gasteiger partial charge is 0.279 e. The van der Waals surface area contributed by atoms with Crippen molar-refractivity contribution in [2.24, 2.45) is 0 Å². The van der Waals surface area contributed by atoms with Gasteiger partial charge in [-0.1, -0.05) is 46.6 Å². The number of anilines is 1. The van der Waals surface area contributed by atoms with Gasteiger partial charge in [0.05, 0.1) is 12.1 Å². The van der Waals surface area contributed by atoms with Gasteiger partial charge in [0.2, 0.25) is 0 Å². The normalized spacial score (nSPS) is 10.9. The molecule has 0 aliphatic carbocycles. The van der Waals surface area contributed by atoms with Gasteiger partial charge in [0.15, 0.2) is 11.5 Å². The number of hydrogen-bond donors (Lipinski definition) is 1. The lowest BCUT2D eigenvalue weighted by Crippen LogP contribution is -2.16. The van der Waals surface area contributed by atoms with Crippen LogP contribution in [0.15, 0.2) is 59.3 Å². The number of carbonyl (C=O) groups excluding carboxylic acids is 1. The van der Waals surface area contributed by atoms with E-state index < -0.39 is 5.91 Å². The summed E-state index contributed by atoms with van der Waals surface area (Å²) in [6.07, 6.45) is 1.73. The summed E-state index contributed by atoms with van der Waals surface area (Å²) in [7, 11) is 0. The van der Waals surface area contributed by atoms with Gasteiger partial charge in [-0.15, -0.1) is 0 Å². The first-order valence-electron chi connectivity index (χ1n) is 9.83. The zero-order chi connectivity index (χ0) is 22.7. The van der Waals surface area contributed by atoms with Crippen LogP contribution in [0.2, 0.25) is 10.0 Å². The molecule has 0 radical (unpaired) electrons. The number of benzene rings is 2. The van der Waals surface area contributed by atoms with Gasteiger partial charge in [0, 0.05) is 27.9 Å². The molecule has 0 saturated heterocycles. The Morgan fingerprint density at radius 3 is 2.59 bits per heavy atom. The van der Waals surface area contributed by atoms with Crippen LogP contribution in [0.25, 0.3) is 0 Å². The predicted octanol–water partition coefficient (Wildman–Crippen LogP) is 5.67. The first-order valence-corrected chi connectivity index (χ1v) is 10.6. The topological polar surface area (TPSA) is 82.2 Å². The van der Waals surface area contributed by atoms with Crippen LogP contribution in [-0.2, 0) is 13.2 Å². The third-order valence-electron chi connectivity index (χ3n) is 4.84. The third kappa shape index (κ3) is 4.95. The molecule has 1 amide bonds. The minimum Gasteiger partial charge on any atom is -0.489 e. The summed E-state index contributed by atoms with van der Waals surface area (Å²) in [5.41, 5.74) is 2.56. The van der Waals surface area contributed by atoms with E-state index in [0.29, 0.717) is 39.5 Å². The standard InChI is InChI=1S/C23H20Cl2N4O3/c1-14-5-3-6-16(11-14)31-13-18-15(2)32-28-22(18)23(30)26-21-9-10-29(27-21)12-17-19(24)7-4-8-20(17)25/h3-11H,12-13H2,1-2H3,(H,26,27,30). The fourth-order valence-electron chi connectivity index (χ4n) is 3.14. The predicted molar refractivity (Wildman–Crippen MR) is 122 cm³/mol. The zero-order valence-electron chi connectivity index (χ0n) is 17.4. The molecule has 0 aliphatic heterocycles. The van der Waals surface area contributed by atoms with E-state index >= 15 is 0 Å². The number of hydrogen-bond acceptors (Lipinski definition) is 5. The van der Waals surface area contributed by atoms with Crippen molar-refractivity contribution in [2.45, 2.75) is 27.0 Å². The van der Waals surface area contributed by atoms with Crippen LogP contribution in [0, 0.1) is 13.8 Å². The molecule has 0 fully saturated rings. The molecule has 0 saturated carbocycles. The van der Waals surface area contributed by atoms with Crippen LogP contribution in [0.4, 0.5) is 5.82 Å². The molecule has 2 heterocycles. The molecule has 0 atom stereocenters. The van der Waals surface area contributed by atoms with Crippen molar-refractivity contribution in [1.82, 2.24) is 14.9 Å². The lowest BCUT2D eigenvalue weighted by molar-refractivity contribution is 0.101. The molecule has 4 rings (SSSR count). The Balaban J connectivity index is 1.45. The summed E-state index contributed by atoms with van der Waals surface area (Å²) >= 11 is 12.5. The molecule has 7 nitrogen and oxygen atoms in total. The minimum absolute atomic E-state index is 0.152. The third-order valence-corrected chi connectivity index (χ3v) is 5.54. The van der Waals surface area contributed by atoms with Crippen LogP contribution >= 0.6 is 23.2 Å². The van der Waals surface area contributed by atoms with Crippen LogP contribution in [0.5, 0.6) is 5.75 Å². The molecule has 2 aromatic carbocycles. The first-order chi connectivity index (χ1) is 15.4. The Kier molecular flexibility index (Phi) is 6.48. The number of rotatable bonds is 7. The second kappa shape index (κ2) is 9.46. The largest absolute Gasteiger partial charge is 0.489 e. The maximum absolute atomic E-state index is 12.8. The molecule has 2 aromatic heterocycles. The molecule has 0 spiro atoms. The van der Waals surface area contributed by atoms with Gasteiger partial charge in [-0.05, 0) is 43.7 Å². The Bertz CT molecular complexity index is 1250. The van der Waals surface area contributed by atoms with E-state index in [9.17, 15) is 4.79 Å². The minimum atomic E-state index is -0.439. The summed E-state index contributed by atoms with van der Waals surface area (Å²) < 4.78 is 12.7. The van der Waals surface area contributed by atoms with Gasteiger partial charge in [-0.25, -0.2) is 0 Å². The Morgan fingerprint density at radius 1 is 1.09 bits per heavy atom. The molecular formula is C23H20Cl2N4O3. The van der Waals surface area contributed by atoms with Crippen molar-refractivity contribution < 1.29 is 14.1 Å². The van der Waals surface area contributed by atoms with Crippen molar-refractivity contribution in [3.63, 3.8) is 0 Å². The van der Waals surface area contributed by atoms with Gasteiger partial charge in [0.25, 0.3) is 5.91 Å². The molecule has 0 unspecified atom stereocenters. The monoisotopic (exact) mass is 470 g/mol. The average Bonchev–Trinajstić information content (AvgIpc) is 3.35. The summed E-state index contributed by atoms with van der Waals surface area (Å²) in [4.78, 5) is 12.8. The number of halogens is 2. The molecule has 0 bridgehead atoms. The van der Waals surface area contributed by atoms with E-state index in [2.05, 4.69) is 15.6 Å². The van der Waals surface area contributed by atoms with Gasteiger partial charge < -0.3 is 14.6 Å². The van der Waals surface area contributed by atoms with Crippen LogP contribution < -0.4 is 10.1 Å². The highest BCUT2D eigenvalue weighted by molar-refractivity contribution is 6.35. The SMILES string of the molecule is Cc1cccc(OCc2c(C(=O)Nc3ccn(Cc4c(Cl)cccc4Cl)n3)noc2C)c1. The lowest BCUT2D eigenvalue weighted by atomic mass is 10.2. The molecular weight excluding hydrogens is 451 g/mol. The quantitative estimate of drug-likeness (QED) is 0.375. The number of carbonyl (C=O) groups is 1. The van der Waals surface area contributed by atoms with Crippen molar-refractivity contribution in [1.29, 1.82) is 0 Å². The molecule has 164 valence electrons. The van der Waals surface area contributed by atoms with E-state index in [4.69, 9.17) is 32.5 Å². The van der Waals surface area contributed by atoms with Crippen LogP contribution in [0.1, 0.15) is 32.9 Å². The number of aryl methyl sites for hydroxylation is 2. The lowest BCUT2D eigenvalue weighted by Gasteiger charge is -2.08. The molecule has 32 heavy (non-hydrogen) atoms. The van der Waals surface area contributed by atoms with E-state index in [-0.39, 0.29) is 12.3 Å². The van der Waals surface area contributed by atoms with Crippen LogP contribution in [0.3, 0.4) is 0 Å². The van der Waals surface area contributed by atoms with Crippen LogP contribution in [-0.4, -0.2) is 20.8 Å². The number of nitrogens with zero attached hydrogens (tertiary/aromatic N) is 3. The van der Waals surface area contributed by atoms with Gasteiger partial charge >= 0.3 is 0 Å². The van der Waals surface area contributed by atoms with E-state index in [1.54, 1.807) is 42.1 Å².